The molecule has 0 N–H and O–H groups in total. The summed E-state index contributed by atoms with van der Waals surface area (Å²) in [7, 11) is 1.49. The van der Waals surface area contributed by atoms with E-state index in [0.717, 1.165) is 17.7 Å². The fraction of sp³-hybridized carbons (Fsp3) is 0.308. The van der Waals surface area contributed by atoms with E-state index in [4.69, 9.17) is 4.84 Å². The Balaban J connectivity index is 1.79. The molecule has 0 amide bonds. The van der Waals surface area contributed by atoms with E-state index in [2.05, 4.69) is 19.8 Å². The summed E-state index contributed by atoms with van der Waals surface area (Å²) in [6.45, 7) is 0. The molecule has 0 saturated heterocycles. The smallest absolute Gasteiger partial charge is 0.399 e. The number of alkyl halides is 3. The molecule has 2 aromatic rings. The van der Waals surface area contributed by atoms with E-state index in [1.807, 2.05) is 12.1 Å². The second-order valence-electron chi connectivity index (χ2n) is 4.56. The van der Waals surface area contributed by atoms with Crippen LogP contribution in [0.5, 0.6) is 0 Å². The molecule has 1 fully saturated rings. The Morgan fingerprint density at radius 3 is 2.57 bits per heavy atom. The van der Waals surface area contributed by atoms with Crippen molar-refractivity contribution in [1.29, 1.82) is 0 Å². The van der Waals surface area contributed by atoms with E-state index < -0.39 is 12.1 Å². The molecule has 0 radical (unpaired) electrons. The van der Waals surface area contributed by atoms with Crippen LogP contribution in [0, 0.1) is 0 Å². The average Bonchev–Trinajstić information content (AvgIpc) is 3.01. The third kappa shape index (κ3) is 2.74. The van der Waals surface area contributed by atoms with Crippen LogP contribution < -0.4 is 0 Å². The molecule has 1 saturated carbocycles. The van der Waals surface area contributed by atoms with Gasteiger partial charge in [0, 0.05) is 17.9 Å². The van der Waals surface area contributed by atoms with Gasteiger partial charge in [-0.2, -0.15) is 18.2 Å². The van der Waals surface area contributed by atoms with Gasteiger partial charge in [-0.05, 0) is 5.56 Å². The van der Waals surface area contributed by atoms with Crippen LogP contribution in [0.3, 0.4) is 0 Å². The van der Waals surface area contributed by atoms with Gasteiger partial charge in [-0.15, -0.1) is 0 Å². The largest absolute Gasteiger partial charge is 0.471 e. The molecule has 110 valence electrons. The molecule has 1 aromatic heterocycles. The Kier molecular flexibility index (Phi) is 3.15. The number of nitrogens with zero attached hydrogens (tertiary/aromatic N) is 3. The van der Waals surface area contributed by atoms with Crippen LogP contribution in [0.25, 0.3) is 11.4 Å². The van der Waals surface area contributed by atoms with Crippen LogP contribution in [-0.2, 0) is 11.0 Å². The average molecular weight is 297 g/mol. The Morgan fingerprint density at radius 1 is 1.29 bits per heavy atom. The molecule has 1 heterocycles. The molecule has 8 heteroatoms. The van der Waals surface area contributed by atoms with Crippen molar-refractivity contribution in [3.05, 3.63) is 35.7 Å². The number of benzene rings is 1. The highest BCUT2D eigenvalue weighted by molar-refractivity contribution is 6.05. The van der Waals surface area contributed by atoms with Gasteiger partial charge in [-0.25, -0.2) is 0 Å². The van der Waals surface area contributed by atoms with Crippen LogP contribution in [0.4, 0.5) is 13.2 Å². The van der Waals surface area contributed by atoms with Gasteiger partial charge in [-0.1, -0.05) is 34.6 Å². The minimum absolute atomic E-state index is 0.0875. The normalized spacial score (nSPS) is 19.8. The lowest BCUT2D eigenvalue weighted by Crippen LogP contribution is -2.04. The number of hydrogen-bond acceptors (Lipinski definition) is 5. The molecular weight excluding hydrogens is 287 g/mol. The molecule has 1 aliphatic carbocycles. The van der Waals surface area contributed by atoms with Crippen molar-refractivity contribution in [3.8, 4) is 11.4 Å². The maximum atomic E-state index is 12.4. The van der Waals surface area contributed by atoms with Crippen LogP contribution in [0.15, 0.2) is 33.9 Å². The molecule has 1 unspecified atom stereocenters. The molecule has 3 rings (SSSR count). The van der Waals surface area contributed by atoms with Crippen LogP contribution in [-0.4, -0.2) is 23.0 Å². The summed E-state index contributed by atoms with van der Waals surface area (Å²) in [6, 6.07) is 6.93. The minimum atomic E-state index is -4.63. The summed E-state index contributed by atoms with van der Waals surface area (Å²) < 4.78 is 41.4. The number of rotatable bonds is 3. The first-order chi connectivity index (χ1) is 9.99. The standard InChI is InChI=1S/C13H10F3N3O2/c1-20-18-10-6-9(10)7-2-4-8(5-3-7)11-17-12(21-19-11)13(14,15)16/h2-5,9H,6H2,1H3. The van der Waals surface area contributed by atoms with Gasteiger partial charge in [0.15, 0.2) is 0 Å². The van der Waals surface area contributed by atoms with Gasteiger partial charge in [0.25, 0.3) is 0 Å². The topological polar surface area (TPSA) is 60.5 Å². The third-order valence-electron chi connectivity index (χ3n) is 3.10. The van der Waals surface area contributed by atoms with Crippen molar-refractivity contribution >= 4 is 5.71 Å². The lowest BCUT2D eigenvalue weighted by atomic mass is 10.1. The first-order valence-corrected chi connectivity index (χ1v) is 6.10. The van der Waals surface area contributed by atoms with Crippen molar-refractivity contribution in [3.63, 3.8) is 0 Å². The summed E-state index contributed by atoms with van der Waals surface area (Å²) >= 11 is 0. The van der Waals surface area contributed by atoms with Crippen molar-refractivity contribution in [1.82, 2.24) is 10.1 Å². The number of halogens is 3. The molecule has 1 aliphatic rings. The fourth-order valence-electron chi connectivity index (χ4n) is 2.00. The van der Waals surface area contributed by atoms with Gasteiger partial charge in [-0.3, -0.25) is 0 Å². The highest BCUT2D eigenvalue weighted by atomic mass is 19.4. The second kappa shape index (κ2) is 4.87. The molecule has 0 aliphatic heterocycles. The molecule has 21 heavy (non-hydrogen) atoms. The maximum Gasteiger partial charge on any atom is 0.471 e. The van der Waals surface area contributed by atoms with Crippen molar-refractivity contribution < 1.29 is 22.5 Å². The van der Waals surface area contributed by atoms with E-state index in [-0.39, 0.29) is 11.7 Å². The molecule has 0 bridgehead atoms. The summed E-state index contributed by atoms with van der Waals surface area (Å²) in [5.74, 6) is -1.22. The van der Waals surface area contributed by atoms with E-state index in [0.29, 0.717) is 5.56 Å². The van der Waals surface area contributed by atoms with Gasteiger partial charge < -0.3 is 9.36 Å². The first-order valence-electron chi connectivity index (χ1n) is 6.10. The van der Waals surface area contributed by atoms with E-state index in [1.54, 1.807) is 12.1 Å². The second-order valence-corrected chi connectivity index (χ2v) is 4.56. The van der Waals surface area contributed by atoms with Gasteiger partial charge >= 0.3 is 12.1 Å². The fourth-order valence-corrected chi connectivity index (χ4v) is 2.00. The Morgan fingerprint density at radius 2 is 2.00 bits per heavy atom. The first kappa shape index (κ1) is 13.6. The van der Waals surface area contributed by atoms with Gasteiger partial charge in [0.2, 0.25) is 5.82 Å². The monoisotopic (exact) mass is 297 g/mol. The zero-order chi connectivity index (χ0) is 15.0. The van der Waals surface area contributed by atoms with E-state index >= 15 is 0 Å². The summed E-state index contributed by atoms with van der Waals surface area (Å²) in [4.78, 5) is 8.03. The predicted molar refractivity (Wildman–Crippen MR) is 66.5 cm³/mol. The predicted octanol–water partition coefficient (Wildman–Crippen LogP) is 3.25. The SMILES string of the molecule is CON=C1CC1c1ccc(-c2noc(C(F)(F)F)n2)cc1. The van der Waals surface area contributed by atoms with Crippen LogP contribution in [0.1, 0.15) is 23.8 Å². The van der Waals surface area contributed by atoms with Gasteiger partial charge in [0.1, 0.15) is 7.11 Å². The zero-order valence-corrected chi connectivity index (χ0v) is 10.9. The summed E-state index contributed by atoms with van der Waals surface area (Å²) in [5.41, 5.74) is 2.43. The lowest BCUT2D eigenvalue weighted by Gasteiger charge is -1.99. The number of aromatic nitrogens is 2. The maximum absolute atomic E-state index is 12.4. The third-order valence-corrected chi connectivity index (χ3v) is 3.10. The van der Waals surface area contributed by atoms with Crippen molar-refractivity contribution in [2.75, 3.05) is 7.11 Å². The Bertz CT molecular complexity index is 677. The lowest BCUT2D eigenvalue weighted by molar-refractivity contribution is -0.159. The Hall–Kier alpha value is -2.38. The summed E-state index contributed by atoms with van der Waals surface area (Å²) in [5, 5.41) is 7.19. The summed E-state index contributed by atoms with van der Waals surface area (Å²) in [6.07, 6.45) is -3.81. The minimum Gasteiger partial charge on any atom is -0.399 e. The van der Waals surface area contributed by atoms with Gasteiger partial charge in [0.05, 0.1) is 5.71 Å². The van der Waals surface area contributed by atoms with E-state index in [1.165, 1.54) is 7.11 Å². The van der Waals surface area contributed by atoms with E-state index in [9.17, 15) is 13.2 Å². The highest BCUT2D eigenvalue weighted by Gasteiger charge is 2.38. The quantitative estimate of drug-likeness (QED) is 0.816. The Labute approximate surface area is 117 Å². The van der Waals surface area contributed by atoms with Crippen LogP contribution in [0.2, 0.25) is 0 Å². The molecule has 0 spiro atoms. The number of hydrogen-bond donors (Lipinski definition) is 0. The van der Waals surface area contributed by atoms with Crippen molar-refractivity contribution in [2.24, 2.45) is 5.16 Å². The molecule has 1 aromatic carbocycles. The molecular formula is C13H10F3N3O2. The zero-order valence-electron chi connectivity index (χ0n) is 10.9. The highest BCUT2D eigenvalue weighted by Crippen LogP contribution is 2.38. The van der Waals surface area contributed by atoms with Crippen molar-refractivity contribution in [2.45, 2.75) is 18.5 Å². The molecule has 1 atom stereocenters. The molecule has 5 nitrogen and oxygen atoms in total. The number of oxime groups is 1. The van der Waals surface area contributed by atoms with Crippen LogP contribution >= 0.6 is 0 Å².